The Balaban J connectivity index is 1.89. The van der Waals surface area contributed by atoms with Crippen LogP contribution in [0, 0.1) is 12.8 Å². The molecule has 0 aliphatic carbocycles. The van der Waals surface area contributed by atoms with E-state index in [1.165, 1.54) is 23.8 Å². The predicted molar refractivity (Wildman–Crippen MR) is 82.3 cm³/mol. The molecule has 0 aliphatic rings. The van der Waals surface area contributed by atoms with E-state index in [-0.39, 0.29) is 0 Å². The molecule has 2 rings (SSSR count). The average Bonchev–Trinajstić information content (AvgIpc) is 2.38. The second-order valence-electron chi connectivity index (χ2n) is 5.69. The van der Waals surface area contributed by atoms with Crippen molar-refractivity contribution in [2.75, 3.05) is 6.54 Å². The van der Waals surface area contributed by atoms with Gasteiger partial charge in [-0.05, 0) is 56.0 Å². The molecule has 2 nitrogen and oxygen atoms in total. The van der Waals surface area contributed by atoms with E-state index in [4.69, 9.17) is 0 Å². The van der Waals surface area contributed by atoms with Crippen LogP contribution in [0.2, 0.25) is 0 Å². The molecular weight excluding hydrogens is 232 g/mol. The summed E-state index contributed by atoms with van der Waals surface area (Å²) in [4.78, 5) is 4.53. The number of nitrogens with zero attached hydrogens (tertiary/aromatic N) is 1. The molecule has 19 heavy (non-hydrogen) atoms. The second-order valence-corrected chi connectivity index (χ2v) is 5.69. The summed E-state index contributed by atoms with van der Waals surface area (Å²) in [6.45, 7) is 8.63. The zero-order chi connectivity index (χ0) is 13.7. The summed E-state index contributed by atoms with van der Waals surface area (Å²) < 4.78 is 0. The first kappa shape index (κ1) is 14.0. The fraction of sp³-hybridized carbons (Fsp3) is 0.471. The first-order chi connectivity index (χ1) is 9.15. The van der Waals surface area contributed by atoms with Crippen LogP contribution in [-0.2, 0) is 6.54 Å². The molecule has 0 bridgehead atoms. The lowest BCUT2D eigenvalue weighted by Crippen LogP contribution is -2.15. The smallest absolute Gasteiger partial charge is 0.0705 e. The van der Waals surface area contributed by atoms with Gasteiger partial charge in [-0.2, -0.15) is 0 Å². The number of hydrogen-bond acceptors (Lipinski definition) is 2. The maximum atomic E-state index is 4.53. The van der Waals surface area contributed by atoms with Gasteiger partial charge in [0.25, 0.3) is 0 Å². The van der Waals surface area contributed by atoms with Crippen LogP contribution in [0.1, 0.15) is 37.9 Å². The molecule has 0 aliphatic heterocycles. The van der Waals surface area contributed by atoms with Crippen LogP contribution in [0.3, 0.4) is 0 Å². The van der Waals surface area contributed by atoms with Crippen molar-refractivity contribution in [1.82, 2.24) is 10.3 Å². The quantitative estimate of drug-likeness (QED) is 0.788. The van der Waals surface area contributed by atoms with Crippen molar-refractivity contribution < 1.29 is 0 Å². The molecule has 102 valence electrons. The number of aryl methyl sites for hydroxylation is 1. The molecule has 1 N–H and O–H groups in total. The van der Waals surface area contributed by atoms with Gasteiger partial charge in [-0.25, -0.2) is 0 Å². The predicted octanol–water partition coefficient (Wildman–Crippen LogP) is 4.07. The van der Waals surface area contributed by atoms with Gasteiger partial charge in [0.1, 0.15) is 0 Å². The summed E-state index contributed by atoms with van der Waals surface area (Å²) in [6, 6.07) is 10.7. The number of nitrogens with one attached hydrogen (secondary N) is 1. The topological polar surface area (TPSA) is 24.9 Å². The highest BCUT2D eigenvalue weighted by atomic mass is 14.8. The third-order valence-electron chi connectivity index (χ3n) is 3.36. The van der Waals surface area contributed by atoms with Gasteiger partial charge in [-0.1, -0.05) is 26.0 Å². The number of benzene rings is 1. The maximum absolute atomic E-state index is 4.53. The van der Waals surface area contributed by atoms with Gasteiger partial charge in [-0.15, -0.1) is 0 Å². The molecule has 0 amide bonds. The number of aromatic nitrogens is 1. The standard InChI is InChI=1S/C17H24N2/c1-13(2)5-4-10-18-12-15-7-9-17-16(11-15)8-6-14(3)19-17/h6-9,11,13,18H,4-5,10,12H2,1-3H3. The normalized spacial score (nSPS) is 11.4. The fourth-order valence-electron chi connectivity index (χ4n) is 2.25. The fourth-order valence-corrected chi connectivity index (χ4v) is 2.25. The zero-order valence-electron chi connectivity index (χ0n) is 12.2. The van der Waals surface area contributed by atoms with E-state index >= 15 is 0 Å². The summed E-state index contributed by atoms with van der Waals surface area (Å²) in [5, 5.41) is 4.74. The minimum Gasteiger partial charge on any atom is -0.313 e. The first-order valence-corrected chi connectivity index (χ1v) is 7.22. The monoisotopic (exact) mass is 256 g/mol. The van der Waals surface area contributed by atoms with Crippen molar-refractivity contribution in [1.29, 1.82) is 0 Å². The molecule has 0 spiro atoms. The van der Waals surface area contributed by atoms with Crippen LogP contribution in [0.4, 0.5) is 0 Å². The van der Waals surface area contributed by atoms with Crippen molar-refractivity contribution >= 4 is 10.9 Å². The molecule has 0 saturated carbocycles. The van der Waals surface area contributed by atoms with Crippen molar-refractivity contribution in [2.24, 2.45) is 5.92 Å². The molecule has 2 heteroatoms. The minimum atomic E-state index is 0.803. The third kappa shape index (κ3) is 4.32. The summed E-state index contributed by atoms with van der Waals surface area (Å²) in [5.74, 6) is 0.803. The molecule has 1 aromatic heterocycles. The van der Waals surface area contributed by atoms with Crippen molar-refractivity contribution in [3.05, 3.63) is 41.6 Å². The molecule has 0 radical (unpaired) electrons. The molecule has 0 atom stereocenters. The van der Waals surface area contributed by atoms with Crippen LogP contribution in [0.15, 0.2) is 30.3 Å². The van der Waals surface area contributed by atoms with Crippen LogP contribution in [0.25, 0.3) is 10.9 Å². The highest BCUT2D eigenvalue weighted by Crippen LogP contribution is 2.14. The molecule has 1 aromatic carbocycles. The van der Waals surface area contributed by atoms with E-state index in [9.17, 15) is 0 Å². The van der Waals surface area contributed by atoms with E-state index in [0.717, 1.165) is 30.2 Å². The van der Waals surface area contributed by atoms with Crippen molar-refractivity contribution in [2.45, 2.75) is 40.2 Å². The average molecular weight is 256 g/mol. The Morgan fingerprint density at radius 1 is 1.16 bits per heavy atom. The number of rotatable bonds is 6. The van der Waals surface area contributed by atoms with Gasteiger partial charge in [0, 0.05) is 17.6 Å². The second kappa shape index (κ2) is 6.67. The van der Waals surface area contributed by atoms with Crippen LogP contribution in [0.5, 0.6) is 0 Å². The van der Waals surface area contributed by atoms with E-state index in [2.05, 4.69) is 54.5 Å². The first-order valence-electron chi connectivity index (χ1n) is 7.22. The van der Waals surface area contributed by atoms with Crippen molar-refractivity contribution in [3.63, 3.8) is 0 Å². The maximum Gasteiger partial charge on any atom is 0.0705 e. The highest BCUT2D eigenvalue weighted by Gasteiger charge is 1.99. The largest absolute Gasteiger partial charge is 0.313 e. The Labute approximate surface area is 116 Å². The summed E-state index contributed by atoms with van der Waals surface area (Å²) in [6.07, 6.45) is 2.56. The molecule has 2 aromatic rings. The van der Waals surface area contributed by atoms with Gasteiger partial charge in [0.2, 0.25) is 0 Å². The molecule has 1 heterocycles. The number of pyridine rings is 1. The van der Waals surface area contributed by atoms with Gasteiger partial charge in [0.15, 0.2) is 0 Å². The van der Waals surface area contributed by atoms with Crippen LogP contribution in [-0.4, -0.2) is 11.5 Å². The Bertz CT molecular complexity index is 532. The molecule has 0 fully saturated rings. The van der Waals surface area contributed by atoms with E-state index in [1.807, 2.05) is 6.92 Å². The Kier molecular flexibility index (Phi) is 4.92. The molecule has 0 unspecified atom stereocenters. The lowest BCUT2D eigenvalue weighted by atomic mass is 10.1. The highest BCUT2D eigenvalue weighted by molar-refractivity contribution is 5.79. The number of hydrogen-bond donors (Lipinski definition) is 1. The minimum absolute atomic E-state index is 0.803. The van der Waals surface area contributed by atoms with E-state index in [0.29, 0.717) is 0 Å². The summed E-state index contributed by atoms with van der Waals surface area (Å²) in [5.41, 5.74) is 3.50. The number of fused-ring (bicyclic) bond motifs is 1. The molecular formula is C17H24N2. The Hall–Kier alpha value is -1.41. The lowest BCUT2D eigenvalue weighted by molar-refractivity contribution is 0.527. The van der Waals surface area contributed by atoms with E-state index in [1.54, 1.807) is 0 Å². The van der Waals surface area contributed by atoms with Gasteiger partial charge >= 0.3 is 0 Å². The Morgan fingerprint density at radius 3 is 2.79 bits per heavy atom. The SMILES string of the molecule is Cc1ccc2cc(CNCCCC(C)C)ccc2n1. The summed E-state index contributed by atoms with van der Waals surface area (Å²) >= 11 is 0. The van der Waals surface area contributed by atoms with Crippen LogP contribution < -0.4 is 5.32 Å². The van der Waals surface area contributed by atoms with Gasteiger partial charge in [-0.3, -0.25) is 4.98 Å². The summed E-state index contributed by atoms with van der Waals surface area (Å²) in [7, 11) is 0. The van der Waals surface area contributed by atoms with Crippen LogP contribution >= 0.6 is 0 Å². The van der Waals surface area contributed by atoms with Gasteiger partial charge < -0.3 is 5.32 Å². The van der Waals surface area contributed by atoms with Gasteiger partial charge in [0.05, 0.1) is 5.52 Å². The lowest BCUT2D eigenvalue weighted by Gasteiger charge is -2.07. The zero-order valence-corrected chi connectivity index (χ0v) is 12.2. The van der Waals surface area contributed by atoms with E-state index < -0.39 is 0 Å². The van der Waals surface area contributed by atoms with Crippen molar-refractivity contribution in [3.8, 4) is 0 Å². The Morgan fingerprint density at radius 2 is 2.00 bits per heavy atom. The third-order valence-corrected chi connectivity index (χ3v) is 3.36. The molecule has 0 saturated heterocycles.